The molecule has 3 aliphatic heterocycles. The molecular weight excluding hydrogens is 208 g/mol. The van der Waals surface area contributed by atoms with Crippen molar-refractivity contribution in [2.45, 2.75) is 31.8 Å². The lowest BCUT2D eigenvalue weighted by Gasteiger charge is -2.46. The van der Waals surface area contributed by atoms with Gasteiger partial charge in [-0.05, 0) is 44.3 Å². The molecule has 17 heavy (non-hydrogen) atoms. The van der Waals surface area contributed by atoms with Gasteiger partial charge in [0, 0.05) is 18.6 Å². The van der Waals surface area contributed by atoms with E-state index in [9.17, 15) is 0 Å². The lowest BCUT2D eigenvalue weighted by atomic mass is 9.83. The fraction of sp³-hybridized carbons (Fsp3) is 0.600. The van der Waals surface area contributed by atoms with E-state index in [1.54, 1.807) is 0 Å². The van der Waals surface area contributed by atoms with Crippen molar-refractivity contribution < 1.29 is 0 Å². The minimum absolute atomic E-state index is 0.474. The Hall–Kier alpha value is -0.860. The molecule has 0 spiro atoms. The molecule has 0 amide bonds. The van der Waals surface area contributed by atoms with Crippen molar-refractivity contribution in [2.75, 3.05) is 19.6 Å². The molecule has 4 rings (SSSR count). The van der Waals surface area contributed by atoms with Crippen LogP contribution >= 0.6 is 0 Å². The molecule has 0 aromatic heterocycles. The first kappa shape index (κ1) is 11.2. The zero-order chi connectivity index (χ0) is 11.7. The Morgan fingerprint density at radius 2 is 1.88 bits per heavy atom. The molecule has 0 aliphatic carbocycles. The molecule has 0 unspecified atom stereocenters. The standard InChI is InChI=1S/C15H22N2/c1-12(13-5-3-2-4-6-13)16-15-11-17-9-7-14(15)8-10-17/h2-6,12,14-16H,7-11H2,1H3/t12-,15-/m0/s1. The van der Waals surface area contributed by atoms with Gasteiger partial charge < -0.3 is 10.2 Å². The molecule has 2 atom stereocenters. The van der Waals surface area contributed by atoms with Gasteiger partial charge in [-0.15, -0.1) is 0 Å². The van der Waals surface area contributed by atoms with E-state index in [0.29, 0.717) is 12.1 Å². The Labute approximate surface area is 104 Å². The first-order valence-electron chi connectivity index (χ1n) is 6.86. The van der Waals surface area contributed by atoms with Crippen molar-refractivity contribution in [3.05, 3.63) is 35.9 Å². The Balaban J connectivity index is 1.64. The van der Waals surface area contributed by atoms with Crippen molar-refractivity contribution in [3.63, 3.8) is 0 Å². The summed E-state index contributed by atoms with van der Waals surface area (Å²) in [4.78, 5) is 2.61. The quantitative estimate of drug-likeness (QED) is 0.858. The summed E-state index contributed by atoms with van der Waals surface area (Å²) >= 11 is 0. The lowest BCUT2D eigenvalue weighted by Crippen LogP contribution is -2.56. The highest BCUT2D eigenvalue weighted by Gasteiger charge is 2.34. The second-order valence-corrected chi connectivity index (χ2v) is 5.54. The molecule has 2 heteroatoms. The van der Waals surface area contributed by atoms with E-state index in [1.165, 1.54) is 38.0 Å². The minimum Gasteiger partial charge on any atom is -0.306 e. The van der Waals surface area contributed by atoms with Crippen LogP contribution in [-0.4, -0.2) is 30.6 Å². The summed E-state index contributed by atoms with van der Waals surface area (Å²) in [7, 11) is 0. The van der Waals surface area contributed by atoms with E-state index in [1.807, 2.05) is 0 Å². The Morgan fingerprint density at radius 3 is 2.47 bits per heavy atom. The monoisotopic (exact) mass is 230 g/mol. The van der Waals surface area contributed by atoms with Crippen LogP contribution in [0.3, 0.4) is 0 Å². The number of piperidine rings is 3. The van der Waals surface area contributed by atoms with Crippen LogP contribution in [-0.2, 0) is 0 Å². The molecule has 1 N–H and O–H groups in total. The molecule has 2 nitrogen and oxygen atoms in total. The molecule has 3 heterocycles. The van der Waals surface area contributed by atoms with Gasteiger partial charge in [-0.2, -0.15) is 0 Å². The second-order valence-electron chi connectivity index (χ2n) is 5.54. The van der Waals surface area contributed by atoms with Gasteiger partial charge in [0.05, 0.1) is 0 Å². The van der Waals surface area contributed by atoms with E-state index in [2.05, 4.69) is 47.5 Å². The van der Waals surface area contributed by atoms with Gasteiger partial charge in [0.15, 0.2) is 0 Å². The third-order valence-electron chi connectivity index (χ3n) is 4.42. The number of hydrogen-bond acceptors (Lipinski definition) is 2. The molecule has 3 fully saturated rings. The van der Waals surface area contributed by atoms with E-state index >= 15 is 0 Å². The highest BCUT2D eigenvalue weighted by molar-refractivity contribution is 5.18. The number of benzene rings is 1. The van der Waals surface area contributed by atoms with Gasteiger partial charge in [-0.1, -0.05) is 30.3 Å². The smallest absolute Gasteiger partial charge is 0.0294 e. The maximum Gasteiger partial charge on any atom is 0.0294 e. The normalized spacial score (nSPS) is 33.6. The summed E-state index contributed by atoms with van der Waals surface area (Å²) < 4.78 is 0. The maximum absolute atomic E-state index is 3.82. The molecular formula is C15H22N2. The highest BCUT2D eigenvalue weighted by atomic mass is 15.2. The third-order valence-corrected chi connectivity index (χ3v) is 4.42. The first-order chi connectivity index (χ1) is 8.33. The molecule has 3 saturated heterocycles. The fourth-order valence-corrected chi connectivity index (χ4v) is 3.31. The Kier molecular flexibility index (Phi) is 3.17. The molecule has 3 aliphatic rings. The molecule has 2 bridgehead atoms. The van der Waals surface area contributed by atoms with Crippen LogP contribution in [0.4, 0.5) is 0 Å². The average molecular weight is 230 g/mol. The zero-order valence-corrected chi connectivity index (χ0v) is 10.6. The summed E-state index contributed by atoms with van der Waals surface area (Å²) in [6.07, 6.45) is 2.78. The summed E-state index contributed by atoms with van der Waals surface area (Å²) in [5.74, 6) is 0.908. The second kappa shape index (κ2) is 4.79. The predicted molar refractivity (Wildman–Crippen MR) is 70.9 cm³/mol. The van der Waals surface area contributed by atoms with Crippen LogP contribution in [0.5, 0.6) is 0 Å². The number of rotatable bonds is 3. The molecule has 1 aromatic rings. The van der Waals surface area contributed by atoms with Gasteiger partial charge in [0.2, 0.25) is 0 Å². The van der Waals surface area contributed by atoms with Crippen LogP contribution in [0.1, 0.15) is 31.4 Å². The number of hydrogen-bond donors (Lipinski definition) is 1. The van der Waals surface area contributed by atoms with Crippen molar-refractivity contribution in [3.8, 4) is 0 Å². The Morgan fingerprint density at radius 1 is 1.18 bits per heavy atom. The van der Waals surface area contributed by atoms with E-state index < -0.39 is 0 Å². The van der Waals surface area contributed by atoms with Gasteiger partial charge in [-0.3, -0.25) is 0 Å². The number of fused-ring (bicyclic) bond motifs is 3. The summed E-state index contributed by atoms with van der Waals surface area (Å²) in [6.45, 7) is 6.18. The lowest BCUT2D eigenvalue weighted by molar-refractivity contribution is 0.0680. The van der Waals surface area contributed by atoms with Crippen molar-refractivity contribution in [2.24, 2.45) is 5.92 Å². The summed E-state index contributed by atoms with van der Waals surface area (Å²) in [5.41, 5.74) is 1.41. The fourth-order valence-electron chi connectivity index (χ4n) is 3.31. The topological polar surface area (TPSA) is 15.3 Å². The molecule has 0 saturated carbocycles. The van der Waals surface area contributed by atoms with Crippen LogP contribution in [0.25, 0.3) is 0 Å². The van der Waals surface area contributed by atoms with Crippen LogP contribution in [0, 0.1) is 5.92 Å². The third kappa shape index (κ3) is 2.38. The van der Waals surface area contributed by atoms with Crippen LogP contribution < -0.4 is 5.32 Å². The van der Waals surface area contributed by atoms with E-state index in [-0.39, 0.29) is 0 Å². The molecule has 1 aromatic carbocycles. The average Bonchev–Trinajstić information content (AvgIpc) is 2.41. The van der Waals surface area contributed by atoms with Gasteiger partial charge in [0.25, 0.3) is 0 Å². The Bertz CT molecular complexity index is 354. The molecule has 0 radical (unpaired) electrons. The van der Waals surface area contributed by atoms with Gasteiger partial charge in [-0.25, -0.2) is 0 Å². The van der Waals surface area contributed by atoms with E-state index in [4.69, 9.17) is 0 Å². The predicted octanol–water partition coefficient (Wildman–Crippen LogP) is 2.43. The highest BCUT2D eigenvalue weighted by Crippen LogP contribution is 2.29. The number of nitrogens with one attached hydrogen (secondary N) is 1. The number of nitrogens with zero attached hydrogens (tertiary/aromatic N) is 1. The van der Waals surface area contributed by atoms with Crippen molar-refractivity contribution in [1.29, 1.82) is 0 Å². The van der Waals surface area contributed by atoms with Gasteiger partial charge in [0.1, 0.15) is 0 Å². The first-order valence-corrected chi connectivity index (χ1v) is 6.86. The van der Waals surface area contributed by atoms with Crippen molar-refractivity contribution >= 4 is 0 Å². The summed E-state index contributed by atoms with van der Waals surface area (Å²) in [5, 5.41) is 3.82. The minimum atomic E-state index is 0.474. The largest absolute Gasteiger partial charge is 0.306 e. The maximum atomic E-state index is 3.82. The van der Waals surface area contributed by atoms with E-state index in [0.717, 1.165) is 5.92 Å². The summed E-state index contributed by atoms with van der Waals surface area (Å²) in [6, 6.07) is 12.0. The molecule has 92 valence electrons. The van der Waals surface area contributed by atoms with Crippen LogP contribution in [0.2, 0.25) is 0 Å². The van der Waals surface area contributed by atoms with Gasteiger partial charge >= 0.3 is 0 Å². The van der Waals surface area contributed by atoms with Crippen molar-refractivity contribution in [1.82, 2.24) is 10.2 Å². The SMILES string of the molecule is C[C@H](N[C@H]1CN2CCC1CC2)c1ccccc1. The zero-order valence-electron chi connectivity index (χ0n) is 10.6. The van der Waals surface area contributed by atoms with Crippen LogP contribution in [0.15, 0.2) is 30.3 Å².